The van der Waals surface area contributed by atoms with Crippen LogP contribution in [0.25, 0.3) is 10.8 Å². The van der Waals surface area contributed by atoms with Crippen LogP contribution in [0.5, 0.6) is 0 Å². The molecule has 0 saturated heterocycles. The summed E-state index contributed by atoms with van der Waals surface area (Å²) in [4.78, 5) is 20.9. The third-order valence-corrected chi connectivity index (χ3v) is 5.25. The van der Waals surface area contributed by atoms with Crippen LogP contribution in [0.15, 0.2) is 24.3 Å². The Kier molecular flexibility index (Phi) is 4.34. The quantitative estimate of drug-likeness (QED) is 0.686. The molecule has 0 fully saturated rings. The van der Waals surface area contributed by atoms with Crippen molar-refractivity contribution < 1.29 is 9.18 Å². The van der Waals surface area contributed by atoms with Crippen molar-refractivity contribution in [2.75, 3.05) is 25.5 Å². The van der Waals surface area contributed by atoms with Gasteiger partial charge in [-0.05, 0) is 42.7 Å². The summed E-state index contributed by atoms with van der Waals surface area (Å²) < 4.78 is 19.4. The van der Waals surface area contributed by atoms with Crippen LogP contribution >= 0.6 is 11.5 Å². The van der Waals surface area contributed by atoms with Gasteiger partial charge < -0.3 is 14.4 Å². The van der Waals surface area contributed by atoms with Gasteiger partial charge in [0, 0.05) is 32.7 Å². The van der Waals surface area contributed by atoms with Gasteiger partial charge in [0.05, 0.1) is 6.04 Å². The number of anilines is 1. The molecule has 8 nitrogen and oxygen atoms in total. The highest BCUT2D eigenvalue weighted by Gasteiger charge is 2.32. The summed E-state index contributed by atoms with van der Waals surface area (Å²) in [7, 11) is 3.76. The maximum atomic E-state index is 13.1. The van der Waals surface area contributed by atoms with E-state index in [0.29, 0.717) is 41.3 Å². The van der Waals surface area contributed by atoms with E-state index in [9.17, 15) is 9.18 Å². The SMILES string of the molecule is CC1c2nnc(-c3nc(N(C)C)ns3)n2CCN1C(=O)c1ccc(F)cc1. The van der Waals surface area contributed by atoms with Crippen molar-refractivity contribution in [1.29, 1.82) is 0 Å². The van der Waals surface area contributed by atoms with E-state index in [1.165, 1.54) is 35.8 Å². The fraction of sp³-hybridized carbons (Fsp3) is 0.353. The van der Waals surface area contributed by atoms with Crippen molar-refractivity contribution >= 4 is 23.4 Å². The second-order valence-corrected chi connectivity index (χ2v) is 7.26. The molecule has 1 unspecified atom stereocenters. The number of carbonyl (C=O) groups is 1. The van der Waals surface area contributed by atoms with E-state index in [1.807, 2.05) is 30.5 Å². The Morgan fingerprint density at radius 3 is 2.63 bits per heavy atom. The second-order valence-electron chi connectivity index (χ2n) is 6.51. The molecule has 1 amide bonds. The molecule has 27 heavy (non-hydrogen) atoms. The topological polar surface area (TPSA) is 80.0 Å². The Balaban J connectivity index is 1.61. The van der Waals surface area contributed by atoms with Crippen molar-refractivity contribution in [2.45, 2.75) is 19.5 Å². The summed E-state index contributed by atoms with van der Waals surface area (Å²) in [5, 5.41) is 9.27. The fourth-order valence-corrected chi connectivity index (χ4v) is 3.79. The zero-order chi connectivity index (χ0) is 19.1. The molecule has 1 atom stereocenters. The molecule has 1 aromatic carbocycles. The van der Waals surface area contributed by atoms with Gasteiger partial charge in [-0.1, -0.05) is 0 Å². The summed E-state index contributed by atoms with van der Waals surface area (Å²) in [6, 6.07) is 5.33. The van der Waals surface area contributed by atoms with Crippen LogP contribution in [0.2, 0.25) is 0 Å². The third-order valence-electron chi connectivity index (χ3n) is 4.54. The van der Waals surface area contributed by atoms with E-state index >= 15 is 0 Å². The first-order valence-electron chi connectivity index (χ1n) is 8.46. The van der Waals surface area contributed by atoms with E-state index in [1.54, 1.807) is 4.90 Å². The molecular formula is C17H18FN7OS. The van der Waals surface area contributed by atoms with Crippen molar-refractivity contribution in [3.05, 3.63) is 41.5 Å². The van der Waals surface area contributed by atoms with Gasteiger partial charge in [-0.25, -0.2) is 4.39 Å². The minimum Gasteiger partial charge on any atom is -0.346 e. The number of hydrogen-bond acceptors (Lipinski definition) is 7. The summed E-state index contributed by atoms with van der Waals surface area (Å²) in [6.45, 7) is 2.98. The molecule has 3 heterocycles. The minimum atomic E-state index is -0.364. The fourth-order valence-electron chi connectivity index (χ4n) is 3.07. The second kappa shape index (κ2) is 6.69. The summed E-state index contributed by atoms with van der Waals surface area (Å²) >= 11 is 1.27. The lowest BCUT2D eigenvalue weighted by Gasteiger charge is -2.33. The lowest BCUT2D eigenvalue weighted by Crippen LogP contribution is -2.41. The molecule has 0 bridgehead atoms. The van der Waals surface area contributed by atoms with E-state index in [4.69, 9.17) is 0 Å². The van der Waals surface area contributed by atoms with Crippen LogP contribution in [-0.4, -0.2) is 55.6 Å². The van der Waals surface area contributed by atoms with Crippen LogP contribution in [0.3, 0.4) is 0 Å². The molecule has 0 N–H and O–H groups in total. The minimum absolute atomic E-state index is 0.149. The van der Waals surface area contributed by atoms with E-state index in [-0.39, 0.29) is 17.8 Å². The highest BCUT2D eigenvalue weighted by atomic mass is 32.1. The Labute approximate surface area is 159 Å². The smallest absolute Gasteiger partial charge is 0.254 e. The number of benzene rings is 1. The van der Waals surface area contributed by atoms with E-state index in [2.05, 4.69) is 19.6 Å². The third kappa shape index (κ3) is 3.05. The van der Waals surface area contributed by atoms with Crippen molar-refractivity contribution in [3.8, 4) is 10.8 Å². The van der Waals surface area contributed by atoms with Gasteiger partial charge in [0.25, 0.3) is 5.91 Å². The van der Waals surface area contributed by atoms with Crippen molar-refractivity contribution in [3.63, 3.8) is 0 Å². The predicted octanol–water partition coefficient (Wildman–Crippen LogP) is 2.22. The highest BCUT2D eigenvalue weighted by molar-refractivity contribution is 7.09. The Morgan fingerprint density at radius 2 is 1.96 bits per heavy atom. The van der Waals surface area contributed by atoms with Crippen LogP contribution < -0.4 is 4.90 Å². The van der Waals surface area contributed by atoms with Crippen LogP contribution in [0.4, 0.5) is 10.3 Å². The van der Waals surface area contributed by atoms with E-state index < -0.39 is 0 Å². The van der Waals surface area contributed by atoms with Gasteiger partial charge in [0.2, 0.25) is 5.95 Å². The maximum Gasteiger partial charge on any atom is 0.254 e. The Bertz CT molecular complexity index is 982. The number of hydrogen-bond donors (Lipinski definition) is 0. The van der Waals surface area contributed by atoms with Crippen LogP contribution in [-0.2, 0) is 6.54 Å². The zero-order valence-electron chi connectivity index (χ0n) is 15.1. The number of amides is 1. The number of halogens is 1. The Morgan fingerprint density at radius 1 is 1.22 bits per heavy atom. The summed E-state index contributed by atoms with van der Waals surface area (Å²) in [6.07, 6.45) is 0. The first-order valence-corrected chi connectivity index (χ1v) is 9.24. The monoisotopic (exact) mass is 387 g/mol. The molecule has 0 radical (unpaired) electrons. The largest absolute Gasteiger partial charge is 0.346 e. The average Bonchev–Trinajstić information content (AvgIpc) is 3.29. The molecule has 4 rings (SSSR count). The molecule has 140 valence electrons. The van der Waals surface area contributed by atoms with Crippen LogP contribution in [0, 0.1) is 5.82 Å². The molecule has 1 aliphatic rings. The predicted molar refractivity (Wildman–Crippen MR) is 99.1 cm³/mol. The van der Waals surface area contributed by atoms with Gasteiger partial charge in [0.15, 0.2) is 16.7 Å². The van der Waals surface area contributed by atoms with Gasteiger partial charge in [-0.3, -0.25) is 4.79 Å². The first kappa shape index (κ1) is 17.5. The lowest BCUT2D eigenvalue weighted by atomic mass is 10.1. The van der Waals surface area contributed by atoms with E-state index in [0.717, 1.165) is 0 Å². The summed E-state index contributed by atoms with van der Waals surface area (Å²) in [5.74, 6) is 1.48. The number of aromatic nitrogens is 5. The highest BCUT2D eigenvalue weighted by Crippen LogP contribution is 2.30. The lowest BCUT2D eigenvalue weighted by molar-refractivity contribution is 0.0638. The molecule has 10 heteroatoms. The standard InChI is InChI=1S/C17H18FN7OS/c1-10-13-20-21-14(15-19-17(22-27-15)23(2)3)25(13)9-8-24(10)16(26)11-4-6-12(18)7-5-11/h4-7,10H,8-9H2,1-3H3. The molecule has 0 saturated carbocycles. The van der Waals surface area contributed by atoms with Crippen LogP contribution in [0.1, 0.15) is 29.1 Å². The average molecular weight is 387 g/mol. The Hall–Kier alpha value is -2.88. The van der Waals surface area contributed by atoms with Gasteiger partial charge in [0.1, 0.15) is 5.82 Å². The maximum absolute atomic E-state index is 13.1. The summed E-state index contributed by atoms with van der Waals surface area (Å²) in [5.41, 5.74) is 0.455. The van der Waals surface area contributed by atoms with Crippen molar-refractivity contribution in [1.82, 2.24) is 29.0 Å². The molecule has 3 aromatic rings. The normalized spacial score (nSPS) is 16.3. The molecule has 1 aliphatic heterocycles. The number of nitrogens with zero attached hydrogens (tertiary/aromatic N) is 7. The molecular weight excluding hydrogens is 369 g/mol. The number of rotatable bonds is 3. The zero-order valence-corrected chi connectivity index (χ0v) is 15.9. The molecule has 0 aliphatic carbocycles. The molecule has 2 aromatic heterocycles. The van der Waals surface area contributed by atoms with Gasteiger partial charge >= 0.3 is 0 Å². The van der Waals surface area contributed by atoms with Gasteiger partial charge in [-0.2, -0.15) is 9.36 Å². The first-order chi connectivity index (χ1) is 13.0. The van der Waals surface area contributed by atoms with Gasteiger partial charge in [-0.15, -0.1) is 10.2 Å². The van der Waals surface area contributed by atoms with Crippen molar-refractivity contribution in [2.24, 2.45) is 0 Å². The number of carbonyl (C=O) groups excluding carboxylic acids is 1. The number of fused-ring (bicyclic) bond motifs is 1. The molecule has 0 spiro atoms.